The SMILES string of the molecule is N#Cc1ccc(-c2ccc3c4c(ccc(-c5c6ccccc6c(-c6nc(-c7ccccc7)nc(-c7ccccc7)n6)c6ccccc56)c24)-c2ccccc2-3)c2ccccc12. The predicted octanol–water partition coefficient (Wildman–Crippen LogP) is 14.3. The summed E-state index contributed by atoms with van der Waals surface area (Å²) in [6.07, 6.45) is 0. The number of fused-ring (bicyclic) bond motifs is 6. The zero-order valence-electron chi connectivity index (χ0n) is 32.3. The topological polar surface area (TPSA) is 62.5 Å². The molecule has 0 bridgehead atoms. The highest BCUT2D eigenvalue weighted by Crippen LogP contribution is 2.54. The maximum atomic E-state index is 10.1. The second-order valence-electron chi connectivity index (χ2n) is 15.3. The van der Waals surface area contributed by atoms with Crippen LogP contribution in [0.4, 0.5) is 0 Å². The maximum Gasteiger partial charge on any atom is 0.165 e. The highest BCUT2D eigenvalue weighted by atomic mass is 15.0. The van der Waals surface area contributed by atoms with Crippen LogP contribution in [0.25, 0.3) is 122 Å². The predicted molar refractivity (Wildman–Crippen MR) is 246 cm³/mol. The van der Waals surface area contributed by atoms with Crippen LogP contribution < -0.4 is 0 Å². The third-order valence-electron chi connectivity index (χ3n) is 12.1. The summed E-state index contributed by atoms with van der Waals surface area (Å²) in [5.41, 5.74) is 13.0. The van der Waals surface area contributed by atoms with Gasteiger partial charge in [-0.15, -0.1) is 0 Å². The lowest BCUT2D eigenvalue weighted by atomic mass is 9.82. The van der Waals surface area contributed by atoms with E-state index in [2.05, 4.69) is 152 Å². The molecule has 0 aliphatic heterocycles. The quantitative estimate of drug-likeness (QED) is 0.164. The third kappa shape index (κ3) is 5.06. The molecule has 1 aliphatic rings. The minimum atomic E-state index is 0.627. The molecule has 4 nitrogen and oxygen atoms in total. The van der Waals surface area contributed by atoms with E-state index in [1.165, 1.54) is 33.0 Å². The van der Waals surface area contributed by atoms with Crippen molar-refractivity contribution in [1.29, 1.82) is 5.26 Å². The summed E-state index contributed by atoms with van der Waals surface area (Å²) in [7, 11) is 0. The van der Waals surface area contributed by atoms with Gasteiger partial charge in [-0.25, -0.2) is 15.0 Å². The monoisotopic (exact) mass is 760 g/mol. The standard InChI is InChI=1S/C56H32N4/c57-33-36-27-28-41(38-20-8-7-19-37(36)38)48-30-29-46-39-21-9-10-22-40(39)47-31-32-49(52(48)51(46)47)50-42-23-11-13-25-44(42)53(45-26-14-12-24-43(45)50)56-59-54(34-15-3-1-4-16-34)58-55(60-56)35-17-5-2-6-18-35/h1-32H. The Hall–Kier alpha value is -8.26. The molecule has 0 atom stereocenters. The summed E-state index contributed by atoms with van der Waals surface area (Å²) in [5.74, 6) is 1.88. The van der Waals surface area contributed by atoms with Crippen molar-refractivity contribution in [2.24, 2.45) is 0 Å². The van der Waals surface area contributed by atoms with Crippen molar-refractivity contribution >= 4 is 43.1 Å². The van der Waals surface area contributed by atoms with E-state index in [-0.39, 0.29) is 0 Å². The fourth-order valence-corrected chi connectivity index (χ4v) is 9.54. The van der Waals surface area contributed by atoms with Crippen LogP contribution in [0.15, 0.2) is 194 Å². The molecule has 0 fully saturated rings. The zero-order valence-corrected chi connectivity index (χ0v) is 32.3. The second kappa shape index (κ2) is 13.4. The van der Waals surface area contributed by atoms with Crippen LogP contribution >= 0.6 is 0 Å². The number of aromatic nitrogens is 3. The Balaban J connectivity index is 1.21. The molecule has 10 aromatic carbocycles. The Morgan fingerprint density at radius 2 is 0.667 bits per heavy atom. The molecule has 1 aliphatic carbocycles. The summed E-state index contributed by atoms with van der Waals surface area (Å²) in [5, 5.41) is 18.9. The van der Waals surface area contributed by atoms with Gasteiger partial charge < -0.3 is 0 Å². The molecule has 0 N–H and O–H groups in total. The molecule has 0 radical (unpaired) electrons. The number of benzene rings is 10. The number of rotatable bonds is 5. The molecule has 0 spiro atoms. The molecular formula is C56H32N4. The molecule has 0 saturated carbocycles. The highest BCUT2D eigenvalue weighted by molar-refractivity contribution is 6.29. The van der Waals surface area contributed by atoms with E-state index in [0.717, 1.165) is 71.3 Å². The summed E-state index contributed by atoms with van der Waals surface area (Å²) in [6, 6.07) is 70.5. The Morgan fingerprint density at radius 1 is 0.283 bits per heavy atom. The summed E-state index contributed by atoms with van der Waals surface area (Å²) < 4.78 is 0. The lowest BCUT2D eigenvalue weighted by molar-refractivity contribution is 1.08. The maximum absolute atomic E-state index is 10.1. The van der Waals surface area contributed by atoms with Crippen LogP contribution in [0.5, 0.6) is 0 Å². The van der Waals surface area contributed by atoms with Crippen LogP contribution in [-0.4, -0.2) is 15.0 Å². The lowest BCUT2D eigenvalue weighted by Crippen LogP contribution is -2.01. The van der Waals surface area contributed by atoms with Gasteiger partial charge in [-0.3, -0.25) is 0 Å². The molecule has 276 valence electrons. The first-order chi connectivity index (χ1) is 29.7. The number of nitrogens with zero attached hydrogens (tertiary/aromatic N) is 4. The fraction of sp³-hybridized carbons (Fsp3) is 0. The Morgan fingerprint density at radius 3 is 1.20 bits per heavy atom. The summed E-state index contributed by atoms with van der Waals surface area (Å²) in [4.78, 5) is 15.5. The first-order valence-electron chi connectivity index (χ1n) is 20.2. The van der Waals surface area contributed by atoms with E-state index in [9.17, 15) is 5.26 Å². The Bertz CT molecular complexity index is 3460. The molecule has 0 amide bonds. The van der Waals surface area contributed by atoms with Gasteiger partial charge in [-0.05, 0) is 88.3 Å². The molecule has 1 heterocycles. The van der Waals surface area contributed by atoms with Crippen molar-refractivity contribution in [3.63, 3.8) is 0 Å². The van der Waals surface area contributed by atoms with E-state index < -0.39 is 0 Å². The van der Waals surface area contributed by atoms with Crippen LogP contribution in [0.2, 0.25) is 0 Å². The lowest BCUT2D eigenvalue weighted by Gasteiger charge is -2.21. The van der Waals surface area contributed by atoms with Crippen LogP contribution in [0.3, 0.4) is 0 Å². The van der Waals surface area contributed by atoms with Crippen molar-refractivity contribution in [1.82, 2.24) is 15.0 Å². The number of nitriles is 1. The molecule has 0 unspecified atom stereocenters. The minimum Gasteiger partial charge on any atom is -0.208 e. The van der Waals surface area contributed by atoms with Crippen molar-refractivity contribution in [3.05, 3.63) is 200 Å². The van der Waals surface area contributed by atoms with Crippen molar-refractivity contribution < 1.29 is 0 Å². The molecule has 4 heteroatoms. The van der Waals surface area contributed by atoms with Gasteiger partial charge in [0.05, 0.1) is 11.6 Å². The average Bonchev–Trinajstić information content (AvgIpc) is 3.65. The van der Waals surface area contributed by atoms with E-state index in [4.69, 9.17) is 15.0 Å². The normalized spacial score (nSPS) is 11.7. The second-order valence-corrected chi connectivity index (χ2v) is 15.3. The van der Waals surface area contributed by atoms with Crippen molar-refractivity contribution in [3.8, 4) is 84.7 Å². The molecule has 1 aromatic heterocycles. The molecule has 11 aromatic rings. The number of hydrogen-bond donors (Lipinski definition) is 0. The van der Waals surface area contributed by atoms with Gasteiger partial charge in [0.25, 0.3) is 0 Å². The summed E-state index contributed by atoms with van der Waals surface area (Å²) in [6.45, 7) is 0. The van der Waals surface area contributed by atoms with Gasteiger partial charge in [0.2, 0.25) is 0 Å². The number of hydrogen-bond acceptors (Lipinski definition) is 4. The minimum absolute atomic E-state index is 0.627. The fourth-order valence-electron chi connectivity index (χ4n) is 9.54. The largest absolute Gasteiger partial charge is 0.208 e. The van der Waals surface area contributed by atoms with Gasteiger partial charge in [-0.2, -0.15) is 5.26 Å². The smallest absolute Gasteiger partial charge is 0.165 e. The van der Waals surface area contributed by atoms with E-state index in [1.54, 1.807) is 0 Å². The van der Waals surface area contributed by atoms with Gasteiger partial charge >= 0.3 is 0 Å². The van der Waals surface area contributed by atoms with Crippen LogP contribution in [-0.2, 0) is 0 Å². The van der Waals surface area contributed by atoms with Gasteiger partial charge in [0.15, 0.2) is 17.5 Å². The average molecular weight is 761 g/mol. The van der Waals surface area contributed by atoms with Gasteiger partial charge in [0, 0.05) is 22.1 Å². The van der Waals surface area contributed by atoms with Crippen molar-refractivity contribution in [2.45, 2.75) is 0 Å². The van der Waals surface area contributed by atoms with E-state index >= 15 is 0 Å². The first kappa shape index (κ1) is 33.8. The Labute approximate surface area is 346 Å². The van der Waals surface area contributed by atoms with Gasteiger partial charge in [-0.1, -0.05) is 188 Å². The van der Waals surface area contributed by atoms with Crippen LogP contribution in [0, 0.1) is 11.3 Å². The molecule has 0 saturated heterocycles. The third-order valence-corrected chi connectivity index (χ3v) is 12.1. The molecule has 12 rings (SSSR count). The summed E-state index contributed by atoms with van der Waals surface area (Å²) >= 11 is 0. The first-order valence-corrected chi connectivity index (χ1v) is 20.2. The van der Waals surface area contributed by atoms with Crippen LogP contribution in [0.1, 0.15) is 5.56 Å². The molecular weight excluding hydrogens is 729 g/mol. The Kier molecular flexibility index (Phi) is 7.57. The van der Waals surface area contributed by atoms with Gasteiger partial charge in [0.1, 0.15) is 0 Å². The zero-order chi connectivity index (χ0) is 39.7. The highest BCUT2D eigenvalue weighted by Gasteiger charge is 2.28. The van der Waals surface area contributed by atoms with Crippen molar-refractivity contribution in [2.75, 3.05) is 0 Å². The molecule has 60 heavy (non-hydrogen) atoms. The van der Waals surface area contributed by atoms with E-state index in [1.807, 2.05) is 48.5 Å². The van der Waals surface area contributed by atoms with E-state index in [0.29, 0.717) is 23.0 Å².